The zero-order valence-electron chi connectivity index (χ0n) is 12.7. The number of nitriles is 1. The van der Waals surface area contributed by atoms with Gasteiger partial charge in [-0.05, 0) is 37.8 Å². The molecule has 2 aliphatic heterocycles. The fourth-order valence-corrected chi connectivity index (χ4v) is 3.43. The molecule has 0 saturated carbocycles. The molecule has 6 nitrogen and oxygen atoms in total. The summed E-state index contributed by atoms with van der Waals surface area (Å²) in [4.78, 5) is 25.3. The number of carbonyl (C=O) groups is 2. The minimum atomic E-state index is -0.900. The topological polar surface area (TPSA) is 85.2 Å². The van der Waals surface area contributed by atoms with Gasteiger partial charge < -0.3 is 10.2 Å². The van der Waals surface area contributed by atoms with Crippen molar-refractivity contribution in [3.05, 3.63) is 29.6 Å². The summed E-state index contributed by atoms with van der Waals surface area (Å²) in [5.74, 6) is -0.824. The van der Waals surface area contributed by atoms with Crippen LogP contribution in [-0.4, -0.2) is 30.6 Å². The monoisotopic (exact) mass is 316 g/mol. The van der Waals surface area contributed by atoms with Crippen molar-refractivity contribution in [1.29, 1.82) is 5.26 Å². The van der Waals surface area contributed by atoms with Gasteiger partial charge in [-0.15, -0.1) is 0 Å². The van der Waals surface area contributed by atoms with Crippen LogP contribution < -0.4 is 15.5 Å². The van der Waals surface area contributed by atoms with E-state index in [1.165, 1.54) is 6.07 Å². The lowest BCUT2D eigenvalue weighted by molar-refractivity contribution is -0.125. The summed E-state index contributed by atoms with van der Waals surface area (Å²) in [5.41, 5.74) is -0.275. The molecule has 2 aliphatic rings. The van der Waals surface area contributed by atoms with Crippen LogP contribution in [0.5, 0.6) is 0 Å². The summed E-state index contributed by atoms with van der Waals surface area (Å²) in [6.45, 7) is 2.93. The predicted octanol–water partition coefficient (Wildman–Crippen LogP) is 1.51. The van der Waals surface area contributed by atoms with Gasteiger partial charge in [-0.2, -0.15) is 5.26 Å². The Morgan fingerprint density at radius 2 is 2.04 bits per heavy atom. The van der Waals surface area contributed by atoms with Crippen LogP contribution in [0, 0.1) is 23.1 Å². The molecule has 2 heterocycles. The average Bonchev–Trinajstić information content (AvgIpc) is 2.80. The first kappa shape index (κ1) is 15.3. The van der Waals surface area contributed by atoms with Crippen molar-refractivity contribution in [1.82, 2.24) is 10.6 Å². The third-order valence-corrected chi connectivity index (χ3v) is 4.83. The number of urea groups is 1. The van der Waals surface area contributed by atoms with E-state index in [4.69, 9.17) is 5.26 Å². The van der Waals surface area contributed by atoms with E-state index in [1.807, 2.05) is 11.0 Å². The van der Waals surface area contributed by atoms with Gasteiger partial charge >= 0.3 is 6.03 Å². The third kappa shape index (κ3) is 2.50. The molecule has 2 N–H and O–H groups in total. The SMILES string of the molecule is C[C@]1(C2CCN(c3cccc(F)c3C#N)CC2)NC(=O)NC1=O. The number of benzene rings is 1. The zero-order valence-corrected chi connectivity index (χ0v) is 12.7. The van der Waals surface area contributed by atoms with E-state index in [9.17, 15) is 14.0 Å². The summed E-state index contributed by atoms with van der Waals surface area (Å²) in [6, 6.07) is 6.04. The predicted molar refractivity (Wildman–Crippen MR) is 81.1 cm³/mol. The minimum absolute atomic E-state index is 0.00398. The number of hydrogen-bond donors (Lipinski definition) is 2. The summed E-state index contributed by atoms with van der Waals surface area (Å²) in [7, 11) is 0. The fourth-order valence-electron chi connectivity index (χ4n) is 3.43. The standard InChI is InChI=1S/C16H17FN4O2/c1-16(14(22)19-15(23)20-16)10-5-7-21(8-6-10)13-4-2-3-12(17)11(13)9-18/h2-4,10H,5-8H2,1H3,(H2,19,20,22,23)/t16-/m1/s1. The van der Waals surface area contributed by atoms with E-state index in [1.54, 1.807) is 19.1 Å². The molecule has 1 aromatic carbocycles. The number of nitrogens with zero attached hydrogens (tertiary/aromatic N) is 2. The van der Waals surface area contributed by atoms with Crippen LogP contribution in [0.1, 0.15) is 25.3 Å². The number of halogens is 1. The highest BCUT2D eigenvalue weighted by molar-refractivity contribution is 6.07. The molecule has 0 aliphatic carbocycles. The quantitative estimate of drug-likeness (QED) is 0.810. The molecule has 0 spiro atoms. The fraction of sp³-hybridized carbons (Fsp3) is 0.438. The normalized spacial score (nSPS) is 25.0. The van der Waals surface area contributed by atoms with Crippen molar-refractivity contribution in [3.63, 3.8) is 0 Å². The highest BCUT2D eigenvalue weighted by Gasteiger charge is 2.48. The van der Waals surface area contributed by atoms with E-state index in [0.717, 1.165) is 0 Å². The molecule has 120 valence electrons. The van der Waals surface area contributed by atoms with Crippen molar-refractivity contribution in [2.45, 2.75) is 25.3 Å². The second-order valence-electron chi connectivity index (χ2n) is 6.12. The van der Waals surface area contributed by atoms with E-state index in [-0.39, 0.29) is 17.4 Å². The molecule has 2 fully saturated rings. The molecule has 0 radical (unpaired) electrons. The summed E-state index contributed by atoms with van der Waals surface area (Å²) < 4.78 is 13.7. The first-order valence-electron chi connectivity index (χ1n) is 7.53. The third-order valence-electron chi connectivity index (χ3n) is 4.83. The Hall–Kier alpha value is -2.62. The van der Waals surface area contributed by atoms with E-state index < -0.39 is 17.4 Å². The highest BCUT2D eigenvalue weighted by atomic mass is 19.1. The Balaban J connectivity index is 1.75. The van der Waals surface area contributed by atoms with Crippen molar-refractivity contribution >= 4 is 17.6 Å². The molecule has 23 heavy (non-hydrogen) atoms. The molecular formula is C16H17FN4O2. The molecule has 0 aromatic heterocycles. The lowest BCUT2D eigenvalue weighted by Crippen LogP contribution is -2.53. The number of hydrogen-bond acceptors (Lipinski definition) is 4. The van der Waals surface area contributed by atoms with Gasteiger partial charge in [0.25, 0.3) is 5.91 Å². The number of amides is 3. The number of piperidine rings is 1. The molecule has 0 bridgehead atoms. The van der Waals surface area contributed by atoms with Crippen LogP contribution in [-0.2, 0) is 4.79 Å². The van der Waals surface area contributed by atoms with Gasteiger partial charge in [0.15, 0.2) is 0 Å². The first-order valence-corrected chi connectivity index (χ1v) is 7.53. The number of carbonyl (C=O) groups excluding carboxylic acids is 2. The van der Waals surface area contributed by atoms with Gasteiger partial charge in [0.1, 0.15) is 23.0 Å². The molecule has 1 aromatic rings. The zero-order chi connectivity index (χ0) is 16.6. The van der Waals surface area contributed by atoms with E-state index >= 15 is 0 Å². The van der Waals surface area contributed by atoms with Crippen molar-refractivity contribution in [2.24, 2.45) is 5.92 Å². The van der Waals surface area contributed by atoms with Crippen LogP contribution in [0.25, 0.3) is 0 Å². The van der Waals surface area contributed by atoms with Gasteiger partial charge in [-0.3, -0.25) is 10.1 Å². The van der Waals surface area contributed by atoms with E-state index in [0.29, 0.717) is 31.6 Å². The summed E-state index contributed by atoms with van der Waals surface area (Å²) in [5, 5.41) is 14.1. The van der Waals surface area contributed by atoms with Gasteiger partial charge in [0, 0.05) is 13.1 Å². The maximum Gasteiger partial charge on any atom is 0.322 e. The van der Waals surface area contributed by atoms with Crippen LogP contribution in [0.2, 0.25) is 0 Å². The van der Waals surface area contributed by atoms with E-state index in [2.05, 4.69) is 10.6 Å². The molecule has 3 rings (SSSR count). The Kier molecular flexibility index (Phi) is 3.68. The maximum absolute atomic E-state index is 13.7. The molecule has 0 unspecified atom stereocenters. The Labute approximate surface area is 133 Å². The molecule has 3 amide bonds. The lowest BCUT2D eigenvalue weighted by atomic mass is 9.79. The van der Waals surface area contributed by atoms with Crippen LogP contribution in [0.4, 0.5) is 14.9 Å². The smallest absolute Gasteiger partial charge is 0.322 e. The lowest BCUT2D eigenvalue weighted by Gasteiger charge is -2.39. The van der Waals surface area contributed by atoms with Gasteiger partial charge in [-0.25, -0.2) is 9.18 Å². The van der Waals surface area contributed by atoms with Crippen molar-refractivity contribution < 1.29 is 14.0 Å². The minimum Gasteiger partial charge on any atom is -0.370 e. The van der Waals surface area contributed by atoms with Crippen LogP contribution >= 0.6 is 0 Å². The number of anilines is 1. The molecule has 2 saturated heterocycles. The summed E-state index contributed by atoms with van der Waals surface area (Å²) in [6.07, 6.45) is 1.34. The second kappa shape index (κ2) is 5.54. The number of imide groups is 1. The van der Waals surface area contributed by atoms with Gasteiger partial charge in [0.2, 0.25) is 0 Å². The molecular weight excluding hydrogens is 299 g/mol. The van der Waals surface area contributed by atoms with Crippen molar-refractivity contribution in [3.8, 4) is 6.07 Å². The number of nitrogens with one attached hydrogen (secondary N) is 2. The highest BCUT2D eigenvalue weighted by Crippen LogP contribution is 2.33. The average molecular weight is 316 g/mol. The maximum atomic E-state index is 13.7. The van der Waals surface area contributed by atoms with Crippen molar-refractivity contribution in [2.75, 3.05) is 18.0 Å². The molecule has 7 heteroatoms. The van der Waals surface area contributed by atoms with Gasteiger partial charge in [-0.1, -0.05) is 6.07 Å². The number of rotatable bonds is 2. The Bertz CT molecular complexity index is 707. The Morgan fingerprint density at radius 1 is 1.35 bits per heavy atom. The first-order chi connectivity index (χ1) is 11.0. The Morgan fingerprint density at radius 3 is 2.61 bits per heavy atom. The molecule has 1 atom stereocenters. The summed E-state index contributed by atoms with van der Waals surface area (Å²) >= 11 is 0. The largest absolute Gasteiger partial charge is 0.370 e. The second-order valence-corrected chi connectivity index (χ2v) is 6.12. The van der Waals surface area contributed by atoms with Crippen LogP contribution in [0.15, 0.2) is 18.2 Å². The van der Waals surface area contributed by atoms with Gasteiger partial charge in [0.05, 0.1) is 5.69 Å². The van der Waals surface area contributed by atoms with Crippen LogP contribution in [0.3, 0.4) is 0 Å².